The summed E-state index contributed by atoms with van der Waals surface area (Å²) >= 11 is 0. The van der Waals surface area contributed by atoms with Gasteiger partial charge in [0.15, 0.2) is 6.10 Å². The lowest BCUT2D eigenvalue weighted by Crippen LogP contribution is -2.43. The number of hydrogen-bond acceptors (Lipinski definition) is 3. The summed E-state index contributed by atoms with van der Waals surface area (Å²) in [4.78, 5) is 22.9. The molecule has 148 valence electrons. The number of carbonyl (C=O) groups excluding carboxylic acids is 1. The molecule has 2 unspecified atom stereocenters. The number of ether oxygens (including phenoxy) is 1. The van der Waals surface area contributed by atoms with Crippen molar-refractivity contribution in [2.45, 2.75) is 84.2 Å². The van der Waals surface area contributed by atoms with Crippen LogP contribution in [-0.2, 0) is 14.3 Å². The highest BCUT2D eigenvalue weighted by Crippen LogP contribution is 2.17. The number of nitrogens with zero attached hydrogens (tertiary/aromatic N) is 1. The van der Waals surface area contributed by atoms with Crippen LogP contribution in [0.3, 0.4) is 0 Å². The molecule has 5 nitrogen and oxygen atoms in total. The Morgan fingerprint density at radius 1 is 1.00 bits per heavy atom. The van der Waals surface area contributed by atoms with E-state index in [1.54, 1.807) is 0 Å². The molecule has 0 aromatic rings. The molecule has 5 heteroatoms. The van der Waals surface area contributed by atoms with Gasteiger partial charge in [-0.25, -0.2) is 0 Å². The van der Waals surface area contributed by atoms with E-state index >= 15 is 0 Å². The molecule has 0 aromatic heterocycles. The fraction of sp³-hybridized carbons (Fsp3) is 0.900. The van der Waals surface area contributed by atoms with Gasteiger partial charge in [0.2, 0.25) is 0 Å². The van der Waals surface area contributed by atoms with Crippen LogP contribution in [0.25, 0.3) is 0 Å². The largest absolute Gasteiger partial charge is 0.481 e. The van der Waals surface area contributed by atoms with Crippen molar-refractivity contribution in [2.24, 2.45) is 5.92 Å². The van der Waals surface area contributed by atoms with Gasteiger partial charge in [0.1, 0.15) is 6.54 Å². The van der Waals surface area contributed by atoms with Gasteiger partial charge in [-0.15, -0.1) is 0 Å². The van der Waals surface area contributed by atoms with Gasteiger partial charge in [-0.3, -0.25) is 9.59 Å². The molecule has 0 spiro atoms. The summed E-state index contributed by atoms with van der Waals surface area (Å²) < 4.78 is 5.97. The average molecular weight is 359 g/mol. The minimum absolute atomic E-state index is 0.129. The van der Waals surface area contributed by atoms with Crippen molar-refractivity contribution in [3.63, 3.8) is 0 Å². The molecule has 0 aliphatic rings. The smallest absolute Gasteiger partial charge is 0.307 e. The molecule has 0 amide bonds. The first-order valence-electron chi connectivity index (χ1n) is 9.85. The van der Waals surface area contributed by atoms with Crippen LogP contribution in [0.15, 0.2) is 0 Å². The van der Waals surface area contributed by atoms with Gasteiger partial charge in [-0.1, -0.05) is 58.8 Å². The number of rotatable bonds is 15. The first-order chi connectivity index (χ1) is 11.6. The zero-order valence-corrected chi connectivity index (χ0v) is 17.1. The molecule has 0 fully saturated rings. The number of unbranched alkanes of at least 4 members (excludes halogenated alkanes) is 4. The molecular weight excluding hydrogens is 318 g/mol. The normalized spacial score (nSPS) is 14.1. The highest BCUT2D eigenvalue weighted by molar-refractivity contribution is 5.71. The maximum absolute atomic E-state index is 12.0. The Balaban J connectivity index is 3.97. The number of aliphatic carboxylic acids is 1. The minimum atomic E-state index is -0.928. The van der Waals surface area contributed by atoms with Crippen LogP contribution < -0.4 is 0 Å². The third-order valence-corrected chi connectivity index (χ3v) is 4.33. The predicted octanol–water partition coefficient (Wildman–Crippen LogP) is 4.25. The van der Waals surface area contributed by atoms with E-state index in [0.29, 0.717) is 23.4 Å². The number of esters is 1. The van der Waals surface area contributed by atoms with Crippen molar-refractivity contribution >= 4 is 11.9 Å². The summed E-state index contributed by atoms with van der Waals surface area (Å²) in [5, 5.41) is 8.98. The molecular formula is C20H40NO4+. The van der Waals surface area contributed by atoms with E-state index in [1.807, 2.05) is 21.1 Å². The number of carboxylic acid groups (broad SMARTS) is 1. The third kappa shape index (κ3) is 16.1. The van der Waals surface area contributed by atoms with Gasteiger partial charge in [-0.05, 0) is 12.3 Å². The summed E-state index contributed by atoms with van der Waals surface area (Å²) in [5.41, 5.74) is 0. The molecule has 0 saturated heterocycles. The summed E-state index contributed by atoms with van der Waals surface area (Å²) in [7, 11) is 5.89. The maximum Gasteiger partial charge on any atom is 0.307 e. The first kappa shape index (κ1) is 23.9. The molecule has 0 bridgehead atoms. The maximum atomic E-state index is 12.0. The molecule has 0 aliphatic heterocycles. The van der Waals surface area contributed by atoms with Crippen LogP contribution in [0, 0.1) is 5.92 Å². The fourth-order valence-electron chi connectivity index (χ4n) is 3.02. The van der Waals surface area contributed by atoms with Crippen LogP contribution in [0.5, 0.6) is 0 Å². The van der Waals surface area contributed by atoms with E-state index < -0.39 is 12.1 Å². The molecule has 0 saturated carbocycles. The van der Waals surface area contributed by atoms with E-state index in [4.69, 9.17) is 9.84 Å². The van der Waals surface area contributed by atoms with Crippen LogP contribution in [0.1, 0.15) is 78.1 Å². The van der Waals surface area contributed by atoms with E-state index in [9.17, 15) is 9.59 Å². The Labute approximate surface area is 154 Å². The van der Waals surface area contributed by atoms with Crippen molar-refractivity contribution in [3.8, 4) is 0 Å². The highest BCUT2D eigenvalue weighted by Gasteiger charge is 2.24. The molecule has 0 aromatic carbocycles. The Bertz CT molecular complexity index is 376. The second-order valence-corrected chi connectivity index (χ2v) is 8.38. The van der Waals surface area contributed by atoms with E-state index in [2.05, 4.69) is 13.8 Å². The van der Waals surface area contributed by atoms with Crippen molar-refractivity contribution in [1.82, 2.24) is 0 Å². The summed E-state index contributed by atoms with van der Waals surface area (Å²) in [6, 6.07) is 0. The Hall–Kier alpha value is -1.10. The quantitative estimate of drug-likeness (QED) is 0.270. The topological polar surface area (TPSA) is 63.6 Å². The van der Waals surface area contributed by atoms with E-state index in [1.165, 1.54) is 32.1 Å². The third-order valence-electron chi connectivity index (χ3n) is 4.33. The average Bonchev–Trinajstić information content (AvgIpc) is 2.45. The molecule has 0 radical (unpaired) electrons. The van der Waals surface area contributed by atoms with Gasteiger partial charge >= 0.3 is 11.9 Å². The Morgan fingerprint density at radius 3 is 2.12 bits per heavy atom. The van der Waals surface area contributed by atoms with Gasteiger partial charge < -0.3 is 14.3 Å². The number of quaternary nitrogens is 1. The molecule has 25 heavy (non-hydrogen) atoms. The lowest BCUT2D eigenvalue weighted by Gasteiger charge is -2.28. The number of carbonyl (C=O) groups is 2. The Morgan fingerprint density at radius 2 is 1.60 bits per heavy atom. The van der Waals surface area contributed by atoms with Crippen LogP contribution >= 0.6 is 0 Å². The second-order valence-electron chi connectivity index (χ2n) is 8.38. The van der Waals surface area contributed by atoms with Crippen molar-refractivity contribution < 1.29 is 23.9 Å². The Kier molecular flexibility index (Phi) is 12.6. The summed E-state index contributed by atoms with van der Waals surface area (Å²) in [6.07, 6.45) is 9.20. The number of hydrogen-bond donors (Lipinski definition) is 1. The van der Waals surface area contributed by atoms with Crippen molar-refractivity contribution in [2.75, 3.05) is 27.7 Å². The van der Waals surface area contributed by atoms with Crippen molar-refractivity contribution in [3.05, 3.63) is 0 Å². The molecule has 0 rings (SSSR count). The first-order valence-corrected chi connectivity index (χ1v) is 9.85. The van der Waals surface area contributed by atoms with Gasteiger partial charge in [0, 0.05) is 6.42 Å². The summed E-state index contributed by atoms with van der Waals surface area (Å²) in [6.45, 7) is 5.02. The standard InChI is InChI=1S/C20H39NO4/c1-6-7-8-9-12-17(2)13-10-11-14-20(24)25-18(15-19(22)23)16-21(3,4)5/h17-18H,6-16H2,1-5H3/p+1. The monoisotopic (exact) mass is 358 g/mol. The van der Waals surface area contributed by atoms with Crippen LogP contribution in [-0.4, -0.2) is 55.3 Å². The number of likely N-dealkylation sites (N-methyl/N-ethyl adjacent to an activating group) is 1. The fourth-order valence-corrected chi connectivity index (χ4v) is 3.02. The SMILES string of the molecule is CCCCCCC(C)CCCCC(=O)OC(CC(=O)O)C[N+](C)(C)C. The molecule has 0 aliphatic carbocycles. The molecule has 2 atom stereocenters. The minimum Gasteiger partial charge on any atom is -0.481 e. The summed E-state index contributed by atoms with van der Waals surface area (Å²) in [5.74, 6) is -0.482. The van der Waals surface area contributed by atoms with Crippen molar-refractivity contribution in [1.29, 1.82) is 0 Å². The lowest BCUT2D eigenvalue weighted by molar-refractivity contribution is -0.873. The van der Waals surface area contributed by atoms with Gasteiger partial charge in [0.05, 0.1) is 27.6 Å². The molecule has 1 N–H and O–H groups in total. The highest BCUT2D eigenvalue weighted by atomic mass is 16.5. The van der Waals surface area contributed by atoms with Gasteiger partial charge in [-0.2, -0.15) is 0 Å². The second kappa shape index (κ2) is 13.2. The van der Waals surface area contributed by atoms with E-state index in [0.717, 1.165) is 19.3 Å². The van der Waals surface area contributed by atoms with Crippen LogP contribution in [0.4, 0.5) is 0 Å². The lowest BCUT2D eigenvalue weighted by atomic mass is 9.96. The van der Waals surface area contributed by atoms with E-state index in [-0.39, 0.29) is 12.4 Å². The number of carboxylic acids is 1. The molecule has 0 heterocycles. The van der Waals surface area contributed by atoms with Gasteiger partial charge in [0.25, 0.3) is 0 Å². The predicted molar refractivity (Wildman–Crippen MR) is 101 cm³/mol. The zero-order chi connectivity index (χ0) is 19.3. The van der Waals surface area contributed by atoms with Crippen LogP contribution in [0.2, 0.25) is 0 Å². The zero-order valence-electron chi connectivity index (χ0n) is 17.1.